The quantitative estimate of drug-likeness (QED) is 0.844. The molecule has 0 bridgehead atoms. The molecule has 1 aromatic heterocycles. The average molecular weight is 286 g/mol. The summed E-state index contributed by atoms with van der Waals surface area (Å²) in [5, 5.41) is 18.3. The number of hydrogen-bond acceptors (Lipinski definition) is 3. The molecule has 2 atom stereocenters. The molecule has 1 saturated carbocycles. The van der Waals surface area contributed by atoms with Crippen LogP contribution in [0.5, 0.6) is 0 Å². The normalized spacial score (nSPS) is 27.3. The van der Waals surface area contributed by atoms with Crippen LogP contribution in [-0.2, 0) is 6.54 Å². The van der Waals surface area contributed by atoms with Crippen molar-refractivity contribution in [2.75, 3.05) is 6.61 Å². The molecule has 19 heavy (non-hydrogen) atoms. The van der Waals surface area contributed by atoms with Gasteiger partial charge in [0.1, 0.15) is 0 Å². The zero-order valence-corrected chi connectivity index (χ0v) is 12.5. The molecular formula is C14H24ClN3O. The fourth-order valence-corrected chi connectivity index (χ4v) is 3.49. The molecule has 2 N–H and O–H groups in total. The van der Waals surface area contributed by atoms with Crippen LogP contribution in [0.25, 0.3) is 0 Å². The second kappa shape index (κ2) is 6.25. The van der Waals surface area contributed by atoms with Crippen LogP contribution in [0.2, 0.25) is 5.02 Å². The molecule has 5 heteroatoms. The maximum absolute atomic E-state index is 9.83. The standard InChI is InChI=1S/C14H24ClN3O/c1-11(2)17-14(10-19)6-3-4-12(14)5-7-18-9-13(15)8-16-18/h8-9,11-12,17,19H,3-7,10H2,1-2H3. The van der Waals surface area contributed by atoms with E-state index in [9.17, 15) is 5.11 Å². The number of rotatable bonds is 6. The van der Waals surface area contributed by atoms with E-state index in [0.717, 1.165) is 19.4 Å². The van der Waals surface area contributed by atoms with E-state index in [-0.39, 0.29) is 12.1 Å². The summed E-state index contributed by atoms with van der Waals surface area (Å²) >= 11 is 5.87. The van der Waals surface area contributed by atoms with Gasteiger partial charge in [-0.3, -0.25) is 4.68 Å². The second-order valence-electron chi connectivity index (χ2n) is 5.91. The van der Waals surface area contributed by atoms with Crippen LogP contribution in [-0.4, -0.2) is 33.1 Å². The average Bonchev–Trinajstić information content (AvgIpc) is 2.93. The lowest BCUT2D eigenvalue weighted by Gasteiger charge is -2.37. The van der Waals surface area contributed by atoms with E-state index in [2.05, 4.69) is 24.3 Å². The zero-order valence-electron chi connectivity index (χ0n) is 11.8. The molecular weight excluding hydrogens is 262 g/mol. The Morgan fingerprint density at radius 3 is 3.00 bits per heavy atom. The summed E-state index contributed by atoms with van der Waals surface area (Å²) in [4.78, 5) is 0. The van der Waals surface area contributed by atoms with Crippen LogP contribution in [0.3, 0.4) is 0 Å². The van der Waals surface area contributed by atoms with Crippen LogP contribution in [0.15, 0.2) is 12.4 Å². The summed E-state index contributed by atoms with van der Waals surface area (Å²) in [6, 6.07) is 0.395. The predicted octanol–water partition coefficient (Wildman–Crippen LogP) is 2.46. The van der Waals surface area contributed by atoms with Crippen LogP contribution in [0.4, 0.5) is 0 Å². The van der Waals surface area contributed by atoms with E-state index in [4.69, 9.17) is 11.6 Å². The molecule has 1 fully saturated rings. The van der Waals surface area contributed by atoms with Gasteiger partial charge in [-0.15, -0.1) is 0 Å². The SMILES string of the molecule is CC(C)NC1(CO)CCCC1CCn1cc(Cl)cn1. The molecule has 1 aliphatic rings. The number of hydrogen-bond donors (Lipinski definition) is 2. The number of nitrogens with zero attached hydrogens (tertiary/aromatic N) is 2. The van der Waals surface area contributed by atoms with Gasteiger partial charge in [0.15, 0.2) is 0 Å². The van der Waals surface area contributed by atoms with Crippen molar-refractivity contribution in [2.45, 2.75) is 57.7 Å². The Kier molecular flexibility index (Phi) is 4.87. The molecule has 0 amide bonds. The molecule has 0 aliphatic heterocycles. The maximum Gasteiger partial charge on any atom is 0.0785 e. The van der Waals surface area contributed by atoms with Gasteiger partial charge in [0.05, 0.1) is 17.8 Å². The van der Waals surface area contributed by atoms with Crippen molar-refractivity contribution in [3.05, 3.63) is 17.4 Å². The van der Waals surface area contributed by atoms with Gasteiger partial charge in [0.25, 0.3) is 0 Å². The molecule has 0 radical (unpaired) electrons. The number of nitrogens with one attached hydrogen (secondary N) is 1. The van der Waals surface area contributed by atoms with Crippen molar-refractivity contribution >= 4 is 11.6 Å². The number of aliphatic hydroxyl groups is 1. The van der Waals surface area contributed by atoms with Gasteiger partial charge >= 0.3 is 0 Å². The van der Waals surface area contributed by atoms with Crippen LogP contribution >= 0.6 is 11.6 Å². The lowest BCUT2D eigenvalue weighted by molar-refractivity contribution is 0.108. The van der Waals surface area contributed by atoms with Crippen molar-refractivity contribution in [3.8, 4) is 0 Å². The topological polar surface area (TPSA) is 50.1 Å². The maximum atomic E-state index is 9.83. The van der Waals surface area contributed by atoms with Gasteiger partial charge in [-0.1, -0.05) is 31.9 Å². The van der Waals surface area contributed by atoms with Crippen LogP contribution in [0.1, 0.15) is 39.5 Å². The first-order valence-corrected chi connectivity index (χ1v) is 7.50. The summed E-state index contributed by atoms with van der Waals surface area (Å²) in [5.74, 6) is 0.503. The monoisotopic (exact) mass is 285 g/mol. The first kappa shape index (κ1) is 14.8. The van der Waals surface area contributed by atoms with Crippen molar-refractivity contribution in [3.63, 3.8) is 0 Å². The van der Waals surface area contributed by atoms with E-state index >= 15 is 0 Å². The lowest BCUT2D eigenvalue weighted by Crippen LogP contribution is -2.54. The third-order valence-corrected chi connectivity index (χ3v) is 4.32. The Balaban J connectivity index is 1.97. The summed E-state index contributed by atoms with van der Waals surface area (Å²) in [7, 11) is 0. The minimum absolute atomic E-state index is 0.106. The van der Waals surface area contributed by atoms with E-state index < -0.39 is 0 Å². The lowest BCUT2D eigenvalue weighted by atomic mass is 9.84. The third-order valence-electron chi connectivity index (χ3n) is 4.12. The van der Waals surface area contributed by atoms with Crippen molar-refractivity contribution in [1.29, 1.82) is 0 Å². The predicted molar refractivity (Wildman–Crippen MR) is 77.3 cm³/mol. The molecule has 0 saturated heterocycles. The minimum Gasteiger partial charge on any atom is -0.394 e. The highest BCUT2D eigenvalue weighted by Gasteiger charge is 2.42. The smallest absolute Gasteiger partial charge is 0.0785 e. The highest BCUT2D eigenvalue weighted by molar-refractivity contribution is 6.30. The summed E-state index contributed by atoms with van der Waals surface area (Å²) < 4.78 is 1.89. The van der Waals surface area contributed by atoms with Gasteiger partial charge in [-0.2, -0.15) is 5.10 Å². The number of aliphatic hydroxyl groups excluding tert-OH is 1. The van der Waals surface area contributed by atoms with E-state index in [1.54, 1.807) is 6.20 Å². The second-order valence-corrected chi connectivity index (χ2v) is 6.35. The van der Waals surface area contributed by atoms with Crippen molar-refractivity contribution < 1.29 is 5.11 Å². The molecule has 2 unspecified atom stereocenters. The van der Waals surface area contributed by atoms with Gasteiger partial charge in [0, 0.05) is 24.3 Å². The van der Waals surface area contributed by atoms with Gasteiger partial charge < -0.3 is 10.4 Å². The Morgan fingerprint density at radius 1 is 1.63 bits per heavy atom. The molecule has 1 heterocycles. The fourth-order valence-electron chi connectivity index (χ4n) is 3.33. The Morgan fingerprint density at radius 2 is 2.42 bits per heavy atom. The highest BCUT2D eigenvalue weighted by atomic mass is 35.5. The molecule has 108 valence electrons. The molecule has 0 spiro atoms. The van der Waals surface area contributed by atoms with Gasteiger partial charge in [-0.25, -0.2) is 0 Å². The Hall–Kier alpha value is -0.580. The van der Waals surface area contributed by atoms with Crippen LogP contribution in [0, 0.1) is 5.92 Å². The highest BCUT2D eigenvalue weighted by Crippen LogP contribution is 2.38. The molecule has 1 aromatic rings. The molecule has 4 nitrogen and oxygen atoms in total. The van der Waals surface area contributed by atoms with Gasteiger partial charge in [0.2, 0.25) is 0 Å². The summed E-state index contributed by atoms with van der Waals surface area (Å²) in [6.07, 6.45) is 7.97. The number of aromatic nitrogens is 2. The number of aryl methyl sites for hydroxylation is 1. The number of halogens is 1. The molecule has 0 aromatic carbocycles. The van der Waals surface area contributed by atoms with Crippen LogP contribution < -0.4 is 5.32 Å². The van der Waals surface area contributed by atoms with Crippen molar-refractivity contribution in [2.24, 2.45) is 5.92 Å². The Labute approximate surface area is 120 Å². The largest absolute Gasteiger partial charge is 0.394 e. The van der Waals surface area contributed by atoms with Crippen molar-refractivity contribution in [1.82, 2.24) is 15.1 Å². The molecule has 2 rings (SSSR count). The zero-order chi connectivity index (χ0) is 13.9. The Bertz CT molecular complexity index is 407. The van der Waals surface area contributed by atoms with Gasteiger partial charge in [-0.05, 0) is 25.2 Å². The fraction of sp³-hybridized carbons (Fsp3) is 0.786. The van der Waals surface area contributed by atoms with E-state index in [1.807, 2.05) is 10.9 Å². The van der Waals surface area contributed by atoms with E-state index in [0.29, 0.717) is 17.0 Å². The first-order chi connectivity index (χ1) is 9.05. The third kappa shape index (κ3) is 3.50. The minimum atomic E-state index is -0.106. The molecule has 1 aliphatic carbocycles. The van der Waals surface area contributed by atoms with E-state index in [1.165, 1.54) is 12.8 Å². The summed E-state index contributed by atoms with van der Waals surface area (Å²) in [6.45, 7) is 5.36. The summed E-state index contributed by atoms with van der Waals surface area (Å²) in [5.41, 5.74) is -0.106. The first-order valence-electron chi connectivity index (χ1n) is 7.12.